The van der Waals surface area contributed by atoms with E-state index in [1.54, 1.807) is 0 Å². The molecule has 23 heavy (non-hydrogen) atoms. The van der Waals surface area contributed by atoms with Crippen LogP contribution >= 0.6 is 0 Å². The highest BCUT2D eigenvalue weighted by Crippen LogP contribution is 2.20. The van der Waals surface area contributed by atoms with E-state index in [-0.39, 0.29) is 25.1 Å². The molecule has 4 nitrogen and oxygen atoms in total. The van der Waals surface area contributed by atoms with Gasteiger partial charge in [0.15, 0.2) is 0 Å². The van der Waals surface area contributed by atoms with E-state index in [1.165, 1.54) is 0 Å². The second-order valence-corrected chi connectivity index (χ2v) is 5.67. The zero-order valence-corrected chi connectivity index (χ0v) is 13.1. The standard InChI is InChI=1S/C19H20N2O2/c1-14-11-21(18-10-6-5-9-16(14)18)12-19(23)20-17(13-22)15-7-3-2-4-8-15/h2-11,17,22H,12-13H2,1H3,(H,20,23). The third-order valence-electron chi connectivity index (χ3n) is 4.02. The molecule has 1 unspecified atom stereocenters. The maximum absolute atomic E-state index is 12.4. The average molecular weight is 308 g/mol. The first-order valence-corrected chi connectivity index (χ1v) is 7.68. The van der Waals surface area contributed by atoms with Crippen molar-refractivity contribution in [2.75, 3.05) is 6.61 Å². The van der Waals surface area contributed by atoms with Crippen LogP contribution in [0.25, 0.3) is 10.9 Å². The van der Waals surface area contributed by atoms with E-state index in [0.717, 1.165) is 22.0 Å². The van der Waals surface area contributed by atoms with Gasteiger partial charge >= 0.3 is 0 Å². The van der Waals surface area contributed by atoms with E-state index >= 15 is 0 Å². The molecule has 1 amide bonds. The molecule has 0 saturated carbocycles. The second kappa shape index (κ2) is 6.67. The molecule has 2 aromatic carbocycles. The minimum atomic E-state index is -0.383. The number of para-hydroxylation sites is 1. The number of rotatable bonds is 5. The summed E-state index contributed by atoms with van der Waals surface area (Å²) in [5.74, 6) is -0.117. The topological polar surface area (TPSA) is 54.3 Å². The number of aliphatic hydroxyl groups excluding tert-OH is 1. The zero-order chi connectivity index (χ0) is 16.2. The number of hydrogen-bond acceptors (Lipinski definition) is 2. The van der Waals surface area contributed by atoms with Crippen LogP contribution in [-0.2, 0) is 11.3 Å². The highest BCUT2D eigenvalue weighted by molar-refractivity contribution is 5.86. The summed E-state index contributed by atoms with van der Waals surface area (Å²) in [7, 11) is 0. The maximum atomic E-state index is 12.4. The summed E-state index contributed by atoms with van der Waals surface area (Å²) in [4.78, 5) is 12.4. The van der Waals surface area contributed by atoms with Crippen LogP contribution in [0.4, 0.5) is 0 Å². The van der Waals surface area contributed by atoms with Crippen LogP contribution in [0.1, 0.15) is 17.2 Å². The lowest BCUT2D eigenvalue weighted by atomic mass is 10.1. The SMILES string of the molecule is Cc1cn(CC(=O)NC(CO)c2ccccc2)c2ccccc12. The summed E-state index contributed by atoms with van der Waals surface area (Å²) < 4.78 is 1.94. The van der Waals surface area contributed by atoms with Gasteiger partial charge < -0.3 is 15.0 Å². The molecule has 0 aliphatic rings. The molecule has 2 N–H and O–H groups in total. The first-order valence-electron chi connectivity index (χ1n) is 7.68. The zero-order valence-electron chi connectivity index (χ0n) is 13.1. The summed E-state index contributed by atoms with van der Waals surface area (Å²) in [6.07, 6.45) is 1.99. The van der Waals surface area contributed by atoms with Gasteiger partial charge in [-0.3, -0.25) is 4.79 Å². The molecule has 0 bridgehead atoms. The fourth-order valence-electron chi connectivity index (χ4n) is 2.88. The van der Waals surface area contributed by atoms with Crippen molar-refractivity contribution in [1.29, 1.82) is 0 Å². The van der Waals surface area contributed by atoms with Crippen molar-refractivity contribution in [3.63, 3.8) is 0 Å². The van der Waals surface area contributed by atoms with Crippen molar-refractivity contribution in [2.24, 2.45) is 0 Å². The Kier molecular flexibility index (Phi) is 4.44. The lowest BCUT2D eigenvalue weighted by Gasteiger charge is -2.17. The predicted octanol–water partition coefficient (Wildman–Crippen LogP) is 2.80. The first-order chi connectivity index (χ1) is 11.2. The van der Waals surface area contributed by atoms with E-state index in [1.807, 2.05) is 66.2 Å². The number of aliphatic hydroxyl groups is 1. The van der Waals surface area contributed by atoms with Gasteiger partial charge in [-0.1, -0.05) is 48.5 Å². The number of nitrogens with one attached hydrogen (secondary N) is 1. The Balaban J connectivity index is 1.76. The van der Waals surface area contributed by atoms with Crippen LogP contribution in [0.2, 0.25) is 0 Å². The maximum Gasteiger partial charge on any atom is 0.240 e. The van der Waals surface area contributed by atoms with E-state index in [9.17, 15) is 9.90 Å². The Morgan fingerprint density at radius 1 is 1.13 bits per heavy atom. The van der Waals surface area contributed by atoms with Crippen LogP contribution in [0.3, 0.4) is 0 Å². The number of aryl methyl sites for hydroxylation is 1. The third-order valence-corrected chi connectivity index (χ3v) is 4.02. The Labute approximate surface area is 135 Å². The minimum Gasteiger partial charge on any atom is -0.394 e. The third kappa shape index (κ3) is 3.27. The van der Waals surface area contributed by atoms with Crippen LogP contribution in [-0.4, -0.2) is 22.2 Å². The van der Waals surface area contributed by atoms with Crippen LogP contribution < -0.4 is 5.32 Å². The van der Waals surface area contributed by atoms with Gasteiger partial charge in [-0.05, 0) is 24.1 Å². The molecule has 0 spiro atoms. The summed E-state index contributed by atoms with van der Waals surface area (Å²) in [6.45, 7) is 2.15. The number of carbonyl (C=O) groups is 1. The van der Waals surface area contributed by atoms with Gasteiger partial charge in [0.2, 0.25) is 5.91 Å². The number of hydrogen-bond donors (Lipinski definition) is 2. The van der Waals surface area contributed by atoms with Gasteiger partial charge in [0.05, 0.1) is 12.6 Å². The van der Waals surface area contributed by atoms with Gasteiger partial charge in [-0.2, -0.15) is 0 Å². The molecular weight excluding hydrogens is 288 g/mol. The van der Waals surface area contributed by atoms with Gasteiger partial charge in [-0.25, -0.2) is 0 Å². The number of nitrogens with zero attached hydrogens (tertiary/aromatic N) is 1. The fraction of sp³-hybridized carbons (Fsp3) is 0.211. The molecule has 3 aromatic rings. The number of fused-ring (bicyclic) bond motifs is 1. The quantitative estimate of drug-likeness (QED) is 0.761. The highest BCUT2D eigenvalue weighted by atomic mass is 16.3. The molecule has 1 aromatic heterocycles. The van der Waals surface area contributed by atoms with Crippen LogP contribution in [0, 0.1) is 6.92 Å². The van der Waals surface area contributed by atoms with Gasteiger partial charge in [0, 0.05) is 17.1 Å². The normalized spacial score (nSPS) is 12.3. The molecule has 118 valence electrons. The number of aromatic nitrogens is 1. The van der Waals surface area contributed by atoms with Crippen molar-refractivity contribution in [3.05, 3.63) is 71.9 Å². The van der Waals surface area contributed by atoms with Crippen LogP contribution in [0.15, 0.2) is 60.8 Å². The minimum absolute atomic E-state index is 0.117. The smallest absolute Gasteiger partial charge is 0.240 e. The largest absolute Gasteiger partial charge is 0.394 e. The Morgan fingerprint density at radius 3 is 2.57 bits per heavy atom. The number of amides is 1. The van der Waals surface area contributed by atoms with E-state index in [4.69, 9.17) is 0 Å². The Bertz CT molecular complexity index is 809. The van der Waals surface area contributed by atoms with E-state index < -0.39 is 0 Å². The Morgan fingerprint density at radius 2 is 1.83 bits per heavy atom. The van der Waals surface area contributed by atoms with Crippen molar-refractivity contribution >= 4 is 16.8 Å². The summed E-state index contributed by atoms with van der Waals surface area (Å²) >= 11 is 0. The summed E-state index contributed by atoms with van der Waals surface area (Å²) in [5.41, 5.74) is 3.09. The van der Waals surface area contributed by atoms with E-state index in [0.29, 0.717) is 0 Å². The van der Waals surface area contributed by atoms with Crippen LogP contribution in [0.5, 0.6) is 0 Å². The lowest BCUT2D eigenvalue weighted by Crippen LogP contribution is -2.33. The Hall–Kier alpha value is -2.59. The van der Waals surface area contributed by atoms with Gasteiger partial charge in [0.1, 0.15) is 6.54 Å². The monoisotopic (exact) mass is 308 g/mol. The molecule has 4 heteroatoms. The average Bonchev–Trinajstić information content (AvgIpc) is 2.90. The first kappa shape index (κ1) is 15.3. The summed E-state index contributed by atoms with van der Waals surface area (Å²) in [6, 6.07) is 17.1. The highest BCUT2D eigenvalue weighted by Gasteiger charge is 2.14. The molecule has 0 saturated heterocycles. The van der Waals surface area contributed by atoms with Crippen molar-refractivity contribution < 1.29 is 9.90 Å². The molecule has 0 fully saturated rings. The van der Waals surface area contributed by atoms with Crippen molar-refractivity contribution in [1.82, 2.24) is 9.88 Å². The molecule has 0 aliphatic carbocycles. The van der Waals surface area contributed by atoms with E-state index in [2.05, 4.69) is 11.4 Å². The molecule has 1 heterocycles. The number of carbonyl (C=O) groups excluding carboxylic acids is 1. The molecule has 0 aliphatic heterocycles. The lowest BCUT2D eigenvalue weighted by molar-refractivity contribution is -0.122. The molecular formula is C19H20N2O2. The predicted molar refractivity (Wildman–Crippen MR) is 91.1 cm³/mol. The second-order valence-electron chi connectivity index (χ2n) is 5.67. The van der Waals surface area contributed by atoms with Gasteiger partial charge in [0.25, 0.3) is 0 Å². The molecule has 3 rings (SSSR count). The van der Waals surface area contributed by atoms with Crippen molar-refractivity contribution in [2.45, 2.75) is 19.5 Å². The molecule has 0 radical (unpaired) electrons. The van der Waals surface area contributed by atoms with Gasteiger partial charge in [-0.15, -0.1) is 0 Å². The molecule has 1 atom stereocenters. The number of benzene rings is 2. The summed E-state index contributed by atoms with van der Waals surface area (Å²) in [5, 5.41) is 13.6. The van der Waals surface area contributed by atoms with Crippen molar-refractivity contribution in [3.8, 4) is 0 Å². The fourth-order valence-corrected chi connectivity index (χ4v) is 2.88.